The van der Waals surface area contributed by atoms with E-state index in [9.17, 15) is 4.79 Å². The summed E-state index contributed by atoms with van der Waals surface area (Å²) >= 11 is 0. The molecule has 0 unspecified atom stereocenters. The maximum absolute atomic E-state index is 11.5. The van der Waals surface area contributed by atoms with Crippen molar-refractivity contribution in [3.05, 3.63) is 29.8 Å². The maximum atomic E-state index is 11.5. The average Bonchev–Trinajstić information content (AvgIpc) is 2.27. The average molecular weight is 235 g/mol. The fourth-order valence-corrected chi connectivity index (χ4v) is 1.62. The molecule has 0 saturated carbocycles. The first-order valence-corrected chi connectivity index (χ1v) is 6.02. The minimum Gasteiger partial charge on any atom is -0.491 e. The molecule has 0 aliphatic carbocycles. The molecule has 0 radical (unpaired) electrons. The number of carbonyl (C=O) groups is 1. The second-order valence-corrected chi connectivity index (χ2v) is 4.42. The van der Waals surface area contributed by atoms with E-state index in [1.54, 1.807) is 4.90 Å². The molecule has 1 aromatic carbocycles. The van der Waals surface area contributed by atoms with Crippen LogP contribution in [-0.2, 0) is 11.3 Å². The van der Waals surface area contributed by atoms with Gasteiger partial charge < -0.3 is 9.64 Å². The first kappa shape index (κ1) is 13.6. The number of hydrogen-bond donors (Lipinski definition) is 0. The van der Waals surface area contributed by atoms with Gasteiger partial charge in [0.2, 0.25) is 5.91 Å². The Morgan fingerprint density at radius 3 is 2.71 bits per heavy atom. The second-order valence-electron chi connectivity index (χ2n) is 4.42. The zero-order chi connectivity index (χ0) is 12.8. The van der Waals surface area contributed by atoms with Crippen LogP contribution in [0.5, 0.6) is 5.75 Å². The maximum Gasteiger partial charge on any atom is 0.222 e. The van der Waals surface area contributed by atoms with Gasteiger partial charge in [0.15, 0.2) is 0 Å². The van der Waals surface area contributed by atoms with Gasteiger partial charge in [0, 0.05) is 20.0 Å². The topological polar surface area (TPSA) is 29.5 Å². The van der Waals surface area contributed by atoms with Crippen molar-refractivity contribution in [1.82, 2.24) is 4.90 Å². The number of carbonyl (C=O) groups excluding carboxylic acids is 1. The molecule has 0 saturated heterocycles. The molecule has 0 heterocycles. The van der Waals surface area contributed by atoms with Gasteiger partial charge in [-0.15, -0.1) is 0 Å². The van der Waals surface area contributed by atoms with Crippen molar-refractivity contribution in [3.63, 3.8) is 0 Å². The standard InChI is InChI=1S/C14H21NO2/c1-5-14(16)15(4)10-12-7-6-8-13(9-12)17-11(2)3/h6-9,11H,5,10H2,1-4H3. The molecule has 0 fully saturated rings. The lowest BCUT2D eigenvalue weighted by Gasteiger charge is -2.17. The Kier molecular flexibility index (Phi) is 5.01. The molecule has 0 N–H and O–H groups in total. The number of ether oxygens (including phenoxy) is 1. The van der Waals surface area contributed by atoms with Crippen molar-refractivity contribution in [1.29, 1.82) is 0 Å². The zero-order valence-electron chi connectivity index (χ0n) is 11.1. The molecule has 3 heteroatoms. The van der Waals surface area contributed by atoms with Crippen LogP contribution in [0.3, 0.4) is 0 Å². The van der Waals surface area contributed by atoms with E-state index in [-0.39, 0.29) is 12.0 Å². The van der Waals surface area contributed by atoms with E-state index in [4.69, 9.17) is 4.74 Å². The third-order valence-electron chi connectivity index (χ3n) is 2.42. The van der Waals surface area contributed by atoms with Crippen LogP contribution in [0, 0.1) is 0 Å². The van der Waals surface area contributed by atoms with Gasteiger partial charge in [-0.25, -0.2) is 0 Å². The SMILES string of the molecule is CCC(=O)N(C)Cc1cccc(OC(C)C)c1. The molecule has 1 rings (SSSR count). The van der Waals surface area contributed by atoms with Gasteiger partial charge in [0.05, 0.1) is 6.10 Å². The van der Waals surface area contributed by atoms with Crippen molar-refractivity contribution in [3.8, 4) is 5.75 Å². The highest BCUT2D eigenvalue weighted by Gasteiger charge is 2.07. The lowest BCUT2D eigenvalue weighted by Crippen LogP contribution is -2.25. The fourth-order valence-electron chi connectivity index (χ4n) is 1.62. The van der Waals surface area contributed by atoms with Crippen LogP contribution in [0.1, 0.15) is 32.8 Å². The van der Waals surface area contributed by atoms with Crippen LogP contribution in [-0.4, -0.2) is 24.0 Å². The highest BCUT2D eigenvalue weighted by molar-refractivity contribution is 5.75. The summed E-state index contributed by atoms with van der Waals surface area (Å²) in [6.45, 7) is 6.50. The van der Waals surface area contributed by atoms with Crippen LogP contribution in [0.4, 0.5) is 0 Å². The van der Waals surface area contributed by atoms with E-state index < -0.39 is 0 Å². The highest BCUT2D eigenvalue weighted by atomic mass is 16.5. The Balaban J connectivity index is 2.68. The lowest BCUT2D eigenvalue weighted by molar-refractivity contribution is -0.130. The summed E-state index contributed by atoms with van der Waals surface area (Å²) in [4.78, 5) is 13.2. The van der Waals surface area contributed by atoms with Crippen molar-refractivity contribution >= 4 is 5.91 Å². The molecule has 3 nitrogen and oxygen atoms in total. The largest absolute Gasteiger partial charge is 0.491 e. The van der Waals surface area contributed by atoms with Gasteiger partial charge in [0.1, 0.15) is 5.75 Å². The van der Waals surface area contributed by atoms with Crippen molar-refractivity contribution in [2.75, 3.05) is 7.05 Å². The molecule has 0 aromatic heterocycles. The van der Waals surface area contributed by atoms with Crippen LogP contribution in [0.2, 0.25) is 0 Å². The minimum atomic E-state index is 0.153. The molecule has 1 aromatic rings. The van der Waals surface area contributed by atoms with Crippen molar-refractivity contribution in [2.45, 2.75) is 39.8 Å². The molecule has 0 aliphatic heterocycles. The molecule has 17 heavy (non-hydrogen) atoms. The van der Waals surface area contributed by atoms with Crippen molar-refractivity contribution in [2.24, 2.45) is 0 Å². The number of benzene rings is 1. The minimum absolute atomic E-state index is 0.153. The first-order valence-electron chi connectivity index (χ1n) is 6.02. The van der Waals surface area contributed by atoms with Gasteiger partial charge in [-0.3, -0.25) is 4.79 Å². The summed E-state index contributed by atoms with van der Waals surface area (Å²) in [5.74, 6) is 1.01. The highest BCUT2D eigenvalue weighted by Crippen LogP contribution is 2.16. The first-order chi connectivity index (χ1) is 8.02. The predicted octanol–water partition coefficient (Wildman–Crippen LogP) is 2.84. The third-order valence-corrected chi connectivity index (χ3v) is 2.42. The molecular formula is C14H21NO2. The summed E-state index contributed by atoms with van der Waals surface area (Å²) < 4.78 is 5.62. The quantitative estimate of drug-likeness (QED) is 0.785. The van der Waals surface area contributed by atoms with E-state index in [1.165, 1.54) is 0 Å². The summed E-state index contributed by atoms with van der Waals surface area (Å²) in [5, 5.41) is 0. The monoisotopic (exact) mass is 235 g/mol. The van der Waals surface area contributed by atoms with Gasteiger partial charge in [-0.1, -0.05) is 19.1 Å². The Bertz CT molecular complexity index is 374. The Morgan fingerprint density at radius 2 is 2.12 bits per heavy atom. The summed E-state index contributed by atoms with van der Waals surface area (Å²) in [5.41, 5.74) is 1.09. The van der Waals surface area contributed by atoms with Crippen LogP contribution < -0.4 is 4.74 Å². The Hall–Kier alpha value is -1.51. The van der Waals surface area contributed by atoms with E-state index in [0.717, 1.165) is 11.3 Å². The van der Waals surface area contributed by atoms with Crippen LogP contribution >= 0.6 is 0 Å². The third kappa shape index (κ3) is 4.47. The molecule has 0 atom stereocenters. The molecule has 1 amide bonds. The van der Waals surface area contributed by atoms with E-state index in [2.05, 4.69) is 0 Å². The van der Waals surface area contributed by atoms with Gasteiger partial charge >= 0.3 is 0 Å². The summed E-state index contributed by atoms with van der Waals surface area (Å²) in [6.07, 6.45) is 0.707. The predicted molar refractivity (Wildman–Crippen MR) is 69.0 cm³/mol. The van der Waals surface area contributed by atoms with Crippen LogP contribution in [0.25, 0.3) is 0 Å². The molecule has 94 valence electrons. The van der Waals surface area contributed by atoms with Crippen molar-refractivity contribution < 1.29 is 9.53 Å². The second kappa shape index (κ2) is 6.28. The fraction of sp³-hybridized carbons (Fsp3) is 0.500. The van der Waals surface area contributed by atoms with Gasteiger partial charge in [-0.2, -0.15) is 0 Å². The summed E-state index contributed by atoms with van der Waals surface area (Å²) in [6, 6.07) is 7.88. The van der Waals surface area contributed by atoms with Crippen LogP contribution in [0.15, 0.2) is 24.3 Å². The molecule has 0 spiro atoms. The molecule has 0 bridgehead atoms. The number of rotatable bonds is 5. The Labute approximate surface area is 103 Å². The summed E-state index contributed by atoms with van der Waals surface area (Å²) in [7, 11) is 1.82. The molecular weight excluding hydrogens is 214 g/mol. The van der Waals surface area contributed by atoms with E-state index >= 15 is 0 Å². The van der Waals surface area contributed by atoms with Gasteiger partial charge in [-0.05, 0) is 31.5 Å². The zero-order valence-corrected chi connectivity index (χ0v) is 11.1. The Morgan fingerprint density at radius 1 is 1.41 bits per heavy atom. The van der Waals surface area contributed by atoms with Gasteiger partial charge in [0.25, 0.3) is 0 Å². The number of amides is 1. The number of hydrogen-bond acceptors (Lipinski definition) is 2. The number of nitrogens with zero attached hydrogens (tertiary/aromatic N) is 1. The van der Waals surface area contributed by atoms with E-state index in [1.807, 2.05) is 52.1 Å². The normalized spacial score (nSPS) is 10.4. The lowest BCUT2D eigenvalue weighted by atomic mass is 10.2. The smallest absolute Gasteiger partial charge is 0.222 e. The molecule has 0 aliphatic rings. The van der Waals surface area contributed by atoms with E-state index in [0.29, 0.717) is 13.0 Å².